The Kier molecular flexibility index (Phi) is 3.33. The van der Waals surface area contributed by atoms with E-state index in [-0.39, 0.29) is 17.4 Å². The quantitative estimate of drug-likeness (QED) is 0.889. The summed E-state index contributed by atoms with van der Waals surface area (Å²) in [5, 5.41) is 3.31. The number of anilines is 1. The third kappa shape index (κ3) is 2.09. The molecule has 1 N–H and O–H groups in total. The van der Waals surface area contributed by atoms with Crippen molar-refractivity contribution < 1.29 is 4.79 Å². The summed E-state index contributed by atoms with van der Waals surface area (Å²) in [7, 11) is 1.91. The van der Waals surface area contributed by atoms with E-state index >= 15 is 0 Å². The van der Waals surface area contributed by atoms with Crippen molar-refractivity contribution in [2.75, 3.05) is 18.9 Å². The summed E-state index contributed by atoms with van der Waals surface area (Å²) in [4.78, 5) is 14.5. The SMILES string of the molecule is CCC(C)(C)N(C)C(=O)C1CNc2ccccc21. The molecule has 0 fully saturated rings. The number of hydrogen-bond donors (Lipinski definition) is 1. The number of para-hydroxylation sites is 1. The zero-order chi connectivity index (χ0) is 13.3. The lowest BCUT2D eigenvalue weighted by Gasteiger charge is -2.36. The molecule has 0 radical (unpaired) electrons. The Bertz CT molecular complexity index is 454. The van der Waals surface area contributed by atoms with Crippen LogP contribution in [0.25, 0.3) is 0 Å². The van der Waals surface area contributed by atoms with Gasteiger partial charge in [-0.05, 0) is 31.9 Å². The molecule has 1 aliphatic heterocycles. The maximum atomic E-state index is 12.6. The Morgan fingerprint density at radius 3 is 2.78 bits per heavy atom. The van der Waals surface area contributed by atoms with Crippen LogP contribution in [0.3, 0.4) is 0 Å². The van der Waals surface area contributed by atoms with Crippen LogP contribution >= 0.6 is 0 Å². The average molecular weight is 246 g/mol. The Morgan fingerprint density at radius 2 is 2.11 bits per heavy atom. The van der Waals surface area contributed by atoms with Gasteiger partial charge in [0, 0.05) is 24.8 Å². The molecule has 1 aromatic carbocycles. The fourth-order valence-corrected chi connectivity index (χ4v) is 2.27. The highest BCUT2D eigenvalue weighted by atomic mass is 16.2. The van der Waals surface area contributed by atoms with Crippen molar-refractivity contribution in [3.63, 3.8) is 0 Å². The van der Waals surface area contributed by atoms with Crippen LogP contribution in [0.4, 0.5) is 5.69 Å². The van der Waals surface area contributed by atoms with E-state index in [1.165, 1.54) is 0 Å². The van der Waals surface area contributed by atoms with E-state index < -0.39 is 0 Å². The van der Waals surface area contributed by atoms with E-state index in [2.05, 4.69) is 26.1 Å². The lowest BCUT2D eigenvalue weighted by Crippen LogP contribution is -2.46. The van der Waals surface area contributed by atoms with E-state index in [9.17, 15) is 4.79 Å². The predicted molar refractivity (Wildman–Crippen MR) is 74.8 cm³/mol. The molecule has 0 saturated heterocycles. The minimum Gasteiger partial charge on any atom is -0.384 e. The van der Waals surface area contributed by atoms with E-state index in [1.807, 2.05) is 36.2 Å². The molecule has 1 aromatic rings. The van der Waals surface area contributed by atoms with Crippen molar-refractivity contribution in [1.82, 2.24) is 4.90 Å². The molecule has 1 aliphatic rings. The maximum absolute atomic E-state index is 12.6. The van der Waals surface area contributed by atoms with Gasteiger partial charge in [-0.25, -0.2) is 0 Å². The number of fused-ring (bicyclic) bond motifs is 1. The van der Waals surface area contributed by atoms with Crippen molar-refractivity contribution in [3.05, 3.63) is 29.8 Å². The number of nitrogens with zero attached hydrogens (tertiary/aromatic N) is 1. The van der Waals surface area contributed by atoms with Gasteiger partial charge in [-0.3, -0.25) is 4.79 Å². The van der Waals surface area contributed by atoms with Gasteiger partial charge >= 0.3 is 0 Å². The highest BCUT2D eigenvalue weighted by Gasteiger charge is 2.34. The summed E-state index contributed by atoms with van der Waals surface area (Å²) in [5.41, 5.74) is 2.13. The fourth-order valence-electron chi connectivity index (χ4n) is 2.27. The Balaban J connectivity index is 2.22. The molecule has 1 unspecified atom stereocenters. The van der Waals surface area contributed by atoms with Crippen molar-refractivity contribution in [3.8, 4) is 0 Å². The van der Waals surface area contributed by atoms with Crippen molar-refractivity contribution in [1.29, 1.82) is 0 Å². The predicted octanol–water partition coefficient (Wildman–Crippen LogP) is 2.84. The third-order valence-electron chi connectivity index (χ3n) is 4.23. The van der Waals surface area contributed by atoms with Crippen LogP contribution in [0.2, 0.25) is 0 Å². The van der Waals surface area contributed by atoms with Gasteiger partial charge in [0.25, 0.3) is 0 Å². The normalized spacial score (nSPS) is 18.1. The molecule has 1 atom stereocenters. The molecule has 3 heteroatoms. The van der Waals surface area contributed by atoms with Gasteiger partial charge in [0.05, 0.1) is 5.92 Å². The molecule has 2 rings (SSSR count). The molecular formula is C15H22N2O. The summed E-state index contributed by atoms with van der Waals surface area (Å²) in [5.74, 6) is 0.163. The summed E-state index contributed by atoms with van der Waals surface area (Å²) in [6.07, 6.45) is 0.955. The molecule has 0 spiro atoms. The monoisotopic (exact) mass is 246 g/mol. The van der Waals surface area contributed by atoms with Crippen molar-refractivity contribution in [2.45, 2.75) is 38.6 Å². The van der Waals surface area contributed by atoms with Crippen molar-refractivity contribution >= 4 is 11.6 Å². The molecule has 3 nitrogen and oxygen atoms in total. The molecule has 1 heterocycles. The largest absolute Gasteiger partial charge is 0.384 e. The highest BCUT2D eigenvalue weighted by Crippen LogP contribution is 2.33. The number of carbonyl (C=O) groups is 1. The lowest BCUT2D eigenvalue weighted by molar-refractivity contribution is -0.135. The van der Waals surface area contributed by atoms with E-state index in [0.29, 0.717) is 6.54 Å². The summed E-state index contributed by atoms with van der Waals surface area (Å²) >= 11 is 0. The minimum absolute atomic E-state index is 0.0444. The minimum atomic E-state index is -0.0887. The molecule has 0 saturated carbocycles. The number of benzene rings is 1. The van der Waals surface area contributed by atoms with Crippen LogP contribution in [0.15, 0.2) is 24.3 Å². The first-order valence-corrected chi connectivity index (χ1v) is 6.58. The number of amides is 1. The van der Waals surface area contributed by atoms with Crippen LogP contribution in [-0.2, 0) is 4.79 Å². The zero-order valence-corrected chi connectivity index (χ0v) is 11.7. The number of likely N-dealkylation sites (N-methyl/N-ethyl adjacent to an activating group) is 1. The van der Waals surface area contributed by atoms with Crippen LogP contribution in [0.1, 0.15) is 38.7 Å². The topological polar surface area (TPSA) is 32.3 Å². The molecule has 0 aliphatic carbocycles. The molecule has 0 bridgehead atoms. The lowest BCUT2D eigenvalue weighted by atomic mass is 9.94. The summed E-state index contributed by atoms with van der Waals surface area (Å²) in [6.45, 7) is 7.05. The van der Waals surface area contributed by atoms with E-state index in [0.717, 1.165) is 17.7 Å². The number of nitrogens with one attached hydrogen (secondary N) is 1. The summed E-state index contributed by atoms with van der Waals surface area (Å²) < 4.78 is 0. The van der Waals surface area contributed by atoms with Crippen LogP contribution < -0.4 is 5.32 Å². The third-order valence-corrected chi connectivity index (χ3v) is 4.23. The standard InChI is InChI=1S/C15H22N2O/c1-5-15(2,3)17(4)14(18)12-10-16-13-9-7-6-8-11(12)13/h6-9,12,16H,5,10H2,1-4H3. The Hall–Kier alpha value is -1.51. The molecule has 18 heavy (non-hydrogen) atoms. The molecule has 1 amide bonds. The van der Waals surface area contributed by atoms with E-state index in [1.54, 1.807) is 0 Å². The van der Waals surface area contributed by atoms with Crippen LogP contribution in [-0.4, -0.2) is 29.9 Å². The van der Waals surface area contributed by atoms with Crippen molar-refractivity contribution in [2.24, 2.45) is 0 Å². The molecular weight excluding hydrogens is 224 g/mol. The molecule has 98 valence electrons. The van der Waals surface area contributed by atoms with Gasteiger partial charge in [0.15, 0.2) is 0 Å². The van der Waals surface area contributed by atoms with Gasteiger partial charge < -0.3 is 10.2 Å². The number of hydrogen-bond acceptors (Lipinski definition) is 2. The second-order valence-electron chi connectivity index (χ2n) is 5.58. The van der Waals surface area contributed by atoms with Gasteiger partial charge in [-0.15, -0.1) is 0 Å². The second kappa shape index (κ2) is 4.63. The first-order chi connectivity index (χ1) is 8.47. The van der Waals surface area contributed by atoms with Gasteiger partial charge in [0.2, 0.25) is 5.91 Å². The number of carbonyl (C=O) groups excluding carboxylic acids is 1. The van der Waals surface area contributed by atoms with Gasteiger partial charge in [0.1, 0.15) is 0 Å². The average Bonchev–Trinajstić information content (AvgIpc) is 2.80. The first kappa shape index (κ1) is 12.9. The Labute approximate surface area is 109 Å². The highest BCUT2D eigenvalue weighted by molar-refractivity contribution is 5.88. The second-order valence-corrected chi connectivity index (χ2v) is 5.58. The zero-order valence-electron chi connectivity index (χ0n) is 11.7. The maximum Gasteiger partial charge on any atom is 0.232 e. The molecule has 0 aromatic heterocycles. The van der Waals surface area contributed by atoms with Gasteiger partial charge in [-0.1, -0.05) is 25.1 Å². The number of rotatable bonds is 3. The smallest absolute Gasteiger partial charge is 0.232 e. The first-order valence-electron chi connectivity index (χ1n) is 6.58. The van der Waals surface area contributed by atoms with E-state index in [4.69, 9.17) is 0 Å². The van der Waals surface area contributed by atoms with Gasteiger partial charge in [-0.2, -0.15) is 0 Å². The Morgan fingerprint density at radius 1 is 1.44 bits per heavy atom. The fraction of sp³-hybridized carbons (Fsp3) is 0.533. The summed E-state index contributed by atoms with van der Waals surface area (Å²) in [6, 6.07) is 8.08. The van der Waals surface area contributed by atoms with Crippen LogP contribution in [0.5, 0.6) is 0 Å². The van der Waals surface area contributed by atoms with Crippen LogP contribution in [0, 0.1) is 0 Å².